The van der Waals surface area contributed by atoms with E-state index >= 15 is 0 Å². The van der Waals surface area contributed by atoms with Crippen LogP contribution >= 0.6 is 11.8 Å². The van der Waals surface area contributed by atoms with E-state index in [4.69, 9.17) is 0 Å². The van der Waals surface area contributed by atoms with Crippen molar-refractivity contribution in [3.05, 3.63) is 35.9 Å². The molecule has 13 heavy (non-hydrogen) atoms. The zero-order valence-corrected chi connectivity index (χ0v) is 12.9. The minimum Gasteiger partial charge on any atom is -0.181 e. The molecule has 2 heteroatoms. The fourth-order valence-electron chi connectivity index (χ4n) is 0.483. The van der Waals surface area contributed by atoms with E-state index in [1.54, 1.807) is 11.8 Å². The van der Waals surface area contributed by atoms with Crippen LogP contribution in [0.5, 0.6) is 0 Å². The van der Waals surface area contributed by atoms with Gasteiger partial charge in [-0.1, -0.05) is 20.8 Å². The van der Waals surface area contributed by atoms with Gasteiger partial charge in [0.05, 0.1) is 0 Å². The van der Waals surface area contributed by atoms with E-state index in [1.165, 1.54) is 5.56 Å². The van der Waals surface area contributed by atoms with Gasteiger partial charge >= 0.3 is 0 Å². The summed E-state index contributed by atoms with van der Waals surface area (Å²) in [6, 6.07) is 10.9. The van der Waals surface area contributed by atoms with E-state index in [2.05, 4.69) is 6.07 Å². The van der Waals surface area contributed by atoms with Crippen LogP contribution in [-0.2, 0) is 32.7 Å². The number of hydrogen-bond acceptors (Lipinski definition) is 1. The standard InChI is InChI=1S/C7H7.C2H6S.C2H6.Y/c1-7-5-3-2-4-6-7;1-3-2;1-2;/h2-5H,1H3;1-2H3;1-2H3;/q-1;;;. The Morgan fingerprint density at radius 2 is 1.62 bits per heavy atom. The molecule has 0 N–H and O–H groups in total. The molecule has 0 aromatic heterocycles. The molecule has 0 amide bonds. The molecule has 0 fully saturated rings. The summed E-state index contributed by atoms with van der Waals surface area (Å²) in [6.45, 7) is 6.03. The van der Waals surface area contributed by atoms with Crippen molar-refractivity contribution in [2.45, 2.75) is 20.8 Å². The van der Waals surface area contributed by atoms with Crippen LogP contribution in [0.4, 0.5) is 0 Å². The second-order valence-corrected chi connectivity index (χ2v) is 2.77. The molecule has 0 saturated heterocycles. The van der Waals surface area contributed by atoms with Crippen molar-refractivity contribution in [3.63, 3.8) is 0 Å². The average Bonchev–Trinajstić information content (AvgIpc) is 2.11. The fourth-order valence-corrected chi connectivity index (χ4v) is 0.483. The van der Waals surface area contributed by atoms with Crippen LogP contribution in [-0.4, -0.2) is 12.5 Å². The first kappa shape index (κ1) is 19.3. The van der Waals surface area contributed by atoms with Crippen molar-refractivity contribution in [1.29, 1.82) is 0 Å². The maximum atomic E-state index is 3.03. The van der Waals surface area contributed by atoms with E-state index < -0.39 is 0 Å². The van der Waals surface area contributed by atoms with Gasteiger partial charge in [-0.25, -0.2) is 0 Å². The summed E-state index contributed by atoms with van der Waals surface area (Å²) in [7, 11) is 0. The summed E-state index contributed by atoms with van der Waals surface area (Å²) in [6.07, 6.45) is 4.08. The molecular formula is C11H19SY-. The van der Waals surface area contributed by atoms with E-state index in [1.807, 2.05) is 57.5 Å². The first-order valence-corrected chi connectivity index (χ1v) is 5.78. The van der Waals surface area contributed by atoms with Crippen LogP contribution in [0.2, 0.25) is 0 Å². The molecule has 1 radical (unpaired) electrons. The van der Waals surface area contributed by atoms with Gasteiger partial charge in [-0.2, -0.15) is 47.7 Å². The Morgan fingerprint density at radius 3 is 1.77 bits per heavy atom. The van der Waals surface area contributed by atoms with Gasteiger partial charge in [-0.3, -0.25) is 0 Å². The summed E-state index contributed by atoms with van der Waals surface area (Å²) < 4.78 is 0. The van der Waals surface area contributed by atoms with Crippen molar-refractivity contribution in [2.24, 2.45) is 0 Å². The summed E-state index contributed by atoms with van der Waals surface area (Å²) in [4.78, 5) is 0. The molecule has 1 rings (SSSR count). The Balaban J connectivity index is -0.000000146. The van der Waals surface area contributed by atoms with Crippen molar-refractivity contribution >= 4 is 11.8 Å². The predicted octanol–water partition coefficient (Wildman–Crippen LogP) is 3.80. The van der Waals surface area contributed by atoms with Gasteiger partial charge in [-0.05, 0) is 12.5 Å². The van der Waals surface area contributed by atoms with Crippen LogP contribution in [0.3, 0.4) is 0 Å². The van der Waals surface area contributed by atoms with Crippen molar-refractivity contribution in [3.8, 4) is 0 Å². The number of aryl methyl sites for hydroxylation is 1. The smallest absolute Gasteiger partial charge is 0 e. The Labute approximate surface area is 113 Å². The SMILES string of the molecule is CC.CSC.Cc1[c-]cccc1.[Y]. The molecule has 0 aliphatic carbocycles. The largest absolute Gasteiger partial charge is 0.181 e. The van der Waals surface area contributed by atoms with Gasteiger partial charge in [0.1, 0.15) is 0 Å². The first-order chi connectivity index (χ1) is 5.81. The quantitative estimate of drug-likeness (QED) is 0.647. The fraction of sp³-hybridized carbons (Fsp3) is 0.455. The minimum atomic E-state index is 0. The molecule has 0 saturated carbocycles. The Morgan fingerprint density at radius 1 is 1.15 bits per heavy atom. The summed E-state index contributed by atoms with van der Waals surface area (Å²) >= 11 is 1.75. The normalized spacial score (nSPS) is 6.54. The van der Waals surface area contributed by atoms with E-state index in [0.29, 0.717) is 0 Å². The molecule has 73 valence electrons. The molecule has 0 aliphatic rings. The van der Waals surface area contributed by atoms with Crippen LogP contribution in [0.15, 0.2) is 24.3 Å². The summed E-state index contributed by atoms with van der Waals surface area (Å²) in [5, 5.41) is 0. The number of rotatable bonds is 0. The number of hydrogen-bond donors (Lipinski definition) is 0. The average molecular weight is 272 g/mol. The predicted molar refractivity (Wildman–Crippen MR) is 60.8 cm³/mol. The second-order valence-electron chi connectivity index (χ2n) is 1.95. The van der Waals surface area contributed by atoms with Gasteiger partial charge in [0.15, 0.2) is 0 Å². The van der Waals surface area contributed by atoms with Gasteiger partial charge in [0, 0.05) is 32.7 Å². The monoisotopic (exact) mass is 272 g/mol. The number of thioether (sulfide) groups is 1. The topological polar surface area (TPSA) is 0 Å². The molecule has 0 bridgehead atoms. The summed E-state index contributed by atoms with van der Waals surface area (Å²) in [5.74, 6) is 0. The molecular weight excluding hydrogens is 253 g/mol. The Hall–Kier alpha value is 0.674. The Bertz CT molecular complexity index is 151. The molecule has 0 unspecified atom stereocenters. The van der Waals surface area contributed by atoms with Crippen molar-refractivity contribution < 1.29 is 32.7 Å². The molecule has 0 heterocycles. The molecule has 1 aromatic rings. The van der Waals surface area contributed by atoms with Gasteiger partial charge in [0.2, 0.25) is 0 Å². The zero-order valence-electron chi connectivity index (χ0n) is 9.29. The van der Waals surface area contributed by atoms with Crippen LogP contribution < -0.4 is 0 Å². The first-order valence-electron chi connectivity index (χ1n) is 4.14. The van der Waals surface area contributed by atoms with Crippen molar-refractivity contribution in [1.82, 2.24) is 0 Å². The Kier molecular flexibility index (Phi) is 27.4. The minimum absolute atomic E-state index is 0. The van der Waals surface area contributed by atoms with E-state index in [0.717, 1.165) is 0 Å². The zero-order chi connectivity index (χ0) is 9.82. The van der Waals surface area contributed by atoms with Gasteiger partial charge in [-0.15, -0.1) is 0 Å². The third-order valence-electron chi connectivity index (χ3n) is 0.865. The molecule has 1 aromatic carbocycles. The summed E-state index contributed by atoms with van der Waals surface area (Å²) in [5.41, 5.74) is 1.20. The van der Waals surface area contributed by atoms with Crippen LogP contribution in [0, 0.1) is 13.0 Å². The van der Waals surface area contributed by atoms with E-state index in [9.17, 15) is 0 Å². The third kappa shape index (κ3) is 19.2. The van der Waals surface area contributed by atoms with E-state index in [-0.39, 0.29) is 32.7 Å². The van der Waals surface area contributed by atoms with Crippen LogP contribution in [0.1, 0.15) is 19.4 Å². The maximum Gasteiger partial charge on any atom is 0 e. The molecule has 0 atom stereocenters. The third-order valence-corrected chi connectivity index (χ3v) is 0.865. The molecule has 0 nitrogen and oxygen atoms in total. The molecule has 0 aliphatic heterocycles. The molecule has 0 spiro atoms. The van der Waals surface area contributed by atoms with Crippen LogP contribution in [0.25, 0.3) is 0 Å². The van der Waals surface area contributed by atoms with Gasteiger partial charge < -0.3 is 0 Å². The van der Waals surface area contributed by atoms with Gasteiger partial charge in [0.25, 0.3) is 0 Å². The second kappa shape index (κ2) is 18.5. The maximum absolute atomic E-state index is 3.03. The number of benzene rings is 1. The van der Waals surface area contributed by atoms with Crippen molar-refractivity contribution in [2.75, 3.05) is 12.5 Å².